The van der Waals surface area contributed by atoms with Crippen LogP contribution in [0, 0.1) is 0 Å². The molecule has 42 heavy (non-hydrogen) atoms. The van der Waals surface area contributed by atoms with E-state index < -0.39 is 69.9 Å². The maximum atomic E-state index is 13.6. The molecule has 3 unspecified atom stereocenters. The van der Waals surface area contributed by atoms with Crippen molar-refractivity contribution >= 4 is 0 Å². The lowest BCUT2D eigenvalue weighted by molar-refractivity contribution is -0.518. The molecule has 0 aliphatic carbocycles. The number of aliphatic hydroxyl groups excluding tert-OH is 4. The van der Waals surface area contributed by atoms with Crippen molar-refractivity contribution in [3.05, 3.63) is 12.7 Å². The second-order valence-corrected chi connectivity index (χ2v) is 8.74. The maximum Gasteiger partial charge on any atom is 0.495 e. The van der Waals surface area contributed by atoms with Crippen LogP contribution in [0.3, 0.4) is 0 Å². The molecule has 3 atom stereocenters. The summed E-state index contributed by atoms with van der Waals surface area (Å²) < 4.78 is 116. The summed E-state index contributed by atoms with van der Waals surface area (Å²) in [7, 11) is 0. The first kappa shape index (κ1) is 40.8. The smallest absolute Gasteiger partial charge is 0.394 e. The van der Waals surface area contributed by atoms with Crippen molar-refractivity contribution in [3.63, 3.8) is 0 Å². The molecule has 0 amide bonds. The van der Waals surface area contributed by atoms with Crippen molar-refractivity contribution in [2.45, 2.75) is 56.1 Å². The number of rotatable bonds is 30. The molecule has 0 aliphatic rings. The fourth-order valence-corrected chi connectivity index (χ4v) is 2.82. The maximum absolute atomic E-state index is 13.6. The van der Waals surface area contributed by atoms with Gasteiger partial charge in [-0.2, -0.15) is 17.6 Å². The Labute approximate surface area is 240 Å². The Hall–Kier alpha value is -1.16. The van der Waals surface area contributed by atoms with Gasteiger partial charge in [0.2, 0.25) is 0 Å². The fourth-order valence-electron chi connectivity index (χ4n) is 2.82. The standard InChI is InChI=1S/C24H42F6O12/c1-2-7-35-8-4-3-5-19(32)12-39-15-20(33)14-37-10-11-38-17-22(25,26)41-24(29,30)42-23(27,28)18-40-16-21(34)13-36-9-6-31/h2,19-21,31-34H,1,3-18H2. The van der Waals surface area contributed by atoms with Crippen LogP contribution in [0.1, 0.15) is 19.3 Å². The largest absolute Gasteiger partial charge is 0.495 e. The van der Waals surface area contributed by atoms with Crippen molar-refractivity contribution in [1.29, 1.82) is 0 Å². The summed E-state index contributed by atoms with van der Waals surface area (Å²) in [6.45, 7) is -2.17. The highest BCUT2D eigenvalue weighted by Crippen LogP contribution is 2.33. The van der Waals surface area contributed by atoms with Crippen LogP contribution in [0.5, 0.6) is 0 Å². The van der Waals surface area contributed by atoms with Crippen LogP contribution in [-0.4, -0.2) is 143 Å². The third kappa shape index (κ3) is 25.3. The molecular weight excluding hydrogens is 594 g/mol. The molecule has 0 spiro atoms. The van der Waals surface area contributed by atoms with Gasteiger partial charge in [-0.25, -0.2) is 9.47 Å². The van der Waals surface area contributed by atoms with E-state index in [1.165, 1.54) is 0 Å². The Bertz CT molecular complexity index is 665. The molecule has 4 N–H and O–H groups in total. The minimum Gasteiger partial charge on any atom is -0.394 e. The number of hydrogen-bond acceptors (Lipinski definition) is 12. The van der Waals surface area contributed by atoms with Crippen molar-refractivity contribution in [2.24, 2.45) is 0 Å². The number of unbranched alkanes of at least 4 members (excludes halogenated alkanes) is 1. The van der Waals surface area contributed by atoms with E-state index in [4.69, 9.17) is 24.1 Å². The number of hydrogen-bond donors (Lipinski definition) is 4. The van der Waals surface area contributed by atoms with E-state index in [9.17, 15) is 41.7 Å². The topological polar surface area (TPSA) is 155 Å². The molecule has 0 aliphatic heterocycles. The first-order valence-corrected chi connectivity index (χ1v) is 13.0. The van der Waals surface area contributed by atoms with E-state index in [1.807, 2.05) is 0 Å². The van der Waals surface area contributed by atoms with Gasteiger partial charge in [0.1, 0.15) is 25.4 Å². The zero-order valence-electron chi connectivity index (χ0n) is 23.2. The van der Waals surface area contributed by atoms with Gasteiger partial charge in [0, 0.05) is 6.61 Å². The molecule has 0 aromatic rings. The predicted molar refractivity (Wildman–Crippen MR) is 131 cm³/mol. The summed E-state index contributed by atoms with van der Waals surface area (Å²) in [5.74, 6) is 0. The molecule has 0 heterocycles. The molecule has 0 saturated carbocycles. The fraction of sp³-hybridized carbons (Fsp3) is 0.917. The lowest BCUT2D eigenvalue weighted by Crippen LogP contribution is -2.44. The van der Waals surface area contributed by atoms with Crippen LogP contribution in [-0.2, 0) is 37.9 Å². The third-order valence-corrected chi connectivity index (χ3v) is 4.55. The van der Waals surface area contributed by atoms with Gasteiger partial charge in [-0.3, -0.25) is 0 Å². The minimum atomic E-state index is -5.45. The lowest BCUT2D eigenvalue weighted by Gasteiger charge is -2.26. The zero-order valence-corrected chi connectivity index (χ0v) is 23.2. The molecule has 0 aromatic carbocycles. The van der Waals surface area contributed by atoms with Gasteiger partial charge in [0.15, 0.2) is 0 Å². The van der Waals surface area contributed by atoms with Gasteiger partial charge in [-0.05, 0) is 19.3 Å². The average Bonchev–Trinajstić information content (AvgIpc) is 2.86. The molecule has 0 radical (unpaired) electrons. The van der Waals surface area contributed by atoms with E-state index >= 15 is 0 Å². The van der Waals surface area contributed by atoms with Crippen molar-refractivity contribution < 1.29 is 84.7 Å². The summed E-state index contributed by atoms with van der Waals surface area (Å²) in [6.07, 6.45) is -14.7. The molecule has 0 saturated heterocycles. The predicted octanol–water partition coefficient (Wildman–Crippen LogP) is 1.29. The second-order valence-electron chi connectivity index (χ2n) is 8.74. The SMILES string of the molecule is C=CCOCCCCC(O)COCC(O)COCCOCC(F)(F)OC(F)(F)OC(F)(F)COCC(O)COCCO. The summed E-state index contributed by atoms with van der Waals surface area (Å²) in [5.41, 5.74) is 0. The van der Waals surface area contributed by atoms with Gasteiger partial charge >= 0.3 is 18.5 Å². The van der Waals surface area contributed by atoms with Crippen LogP contribution in [0.25, 0.3) is 0 Å². The number of ether oxygens (including phenoxy) is 8. The number of halogens is 6. The molecule has 0 rings (SSSR count). The highest BCUT2D eigenvalue weighted by molar-refractivity contribution is 4.64. The Kier molecular flexibility index (Phi) is 22.6. The molecule has 12 nitrogen and oxygen atoms in total. The quantitative estimate of drug-likeness (QED) is 0.0389. The van der Waals surface area contributed by atoms with Gasteiger partial charge in [-0.15, -0.1) is 15.4 Å². The number of alkyl halides is 6. The number of aliphatic hydroxyl groups is 4. The minimum absolute atomic E-state index is 0.0270. The first-order chi connectivity index (χ1) is 19.7. The van der Waals surface area contributed by atoms with E-state index in [1.54, 1.807) is 6.08 Å². The molecule has 0 fully saturated rings. The first-order valence-electron chi connectivity index (χ1n) is 13.0. The van der Waals surface area contributed by atoms with E-state index in [2.05, 4.69) is 25.5 Å². The van der Waals surface area contributed by atoms with Gasteiger partial charge in [-0.1, -0.05) is 6.08 Å². The highest BCUT2D eigenvalue weighted by Gasteiger charge is 2.52. The Balaban J connectivity index is 4.03. The summed E-state index contributed by atoms with van der Waals surface area (Å²) >= 11 is 0. The molecule has 0 aromatic heterocycles. The summed E-state index contributed by atoms with van der Waals surface area (Å²) in [5, 5.41) is 37.5. The van der Waals surface area contributed by atoms with Crippen molar-refractivity contribution in [2.75, 3.05) is 85.9 Å². The Morgan fingerprint density at radius 2 is 1.10 bits per heavy atom. The van der Waals surface area contributed by atoms with Crippen LogP contribution < -0.4 is 0 Å². The average molecular weight is 637 g/mol. The lowest BCUT2D eigenvalue weighted by atomic mass is 10.2. The zero-order chi connectivity index (χ0) is 31.9. The molecular formula is C24H42F6O12. The monoisotopic (exact) mass is 636 g/mol. The van der Waals surface area contributed by atoms with Crippen LogP contribution >= 0.6 is 0 Å². The third-order valence-electron chi connectivity index (χ3n) is 4.55. The van der Waals surface area contributed by atoms with Gasteiger partial charge < -0.3 is 48.8 Å². The van der Waals surface area contributed by atoms with E-state index in [0.717, 1.165) is 6.42 Å². The second kappa shape index (κ2) is 23.3. The van der Waals surface area contributed by atoms with E-state index in [0.29, 0.717) is 26.1 Å². The van der Waals surface area contributed by atoms with Crippen molar-refractivity contribution in [1.82, 2.24) is 0 Å². The van der Waals surface area contributed by atoms with Crippen molar-refractivity contribution in [3.8, 4) is 0 Å². The highest BCUT2D eigenvalue weighted by atomic mass is 19.3. The summed E-state index contributed by atoms with van der Waals surface area (Å²) in [4.78, 5) is 0. The van der Waals surface area contributed by atoms with Gasteiger partial charge in [0.25, 0.3) is 0 Å². The molecule has 0 bridgehead atoms. The normalized spacial score (nSPS) is 15.1. The van der Waals surface area contributed by atoms with Crippen LogP contribution in [0.4, 0.5) is 26.3 Å². The van der Waals surface area contributed by atoms with Crippen LogP contribution in [0.2, 0.25) is 0 Å². The Morgan fingerprint density at radius 1 is 0.595 bits per heavy atom. The molecule has 18 heteroatoms. The van der Waals surface area contributed by atoms with E-state index in [-0.39, 0.29) is 39.6 Å². The van der Waals surface area contributed by atoms with Crippen LogP contribution in [0.15, 0.2) is 12.7 Å². The van der Waals surface area contributed by atoms with Gasteiger partial charge in [0.05, 0.1) is 72.2 Å². The summed E-state index contributed by atoms with van der Waals surface area (Å²) in [6, 6.07) is 0. The Morgan fingerprint density at radius 3 is 1.69 bits per heavy atom. The molecule has 252 valence electrons.